The van der Waals surface area contributed by atoms with E-state index in [2.05, 4.69) is 32.8 Å². The van der Waals surface area contributed by atoms with Crippen LogP contribution in [0.2, 0.25) is 0 Å². The maximum atomic E-state index is 4.79. The first-order valence-corrected chi connectivity index (χ1v) is 10.8. The van der Waals surface area contributed by atoms with E-state index in [0.29, 0.717) is 6.04 Å². The molecule has 5 nitrogen and oxygen atoms in total. The molecule has 1 aliphatic heterocycles. The van der Waals surface area contributed by atoms with Crippen LogP contribution in [-0.2, 0) is 6.42 Å². The summed E-state index contributed by atoms with van der Waals surface area (Å²) in [4.78, 5) is 11.6. The van der Waals surface area contributed by atoms with E-state index in [9.17, 15) is 0 Å². The topological polar surface area (TPSA) is 52.6 Å². The normalized spacial score (nSPS) is 24.6. The zero-order valence-corrected chi connectivity index (χ0v) is 16.6. The van der Waals surface area contributed by atoms with Gasteiger partial charge in [-0.1, -0.05) is 13.3 Å². The predicted molar refractivity (Wildman–Crippen MR) is 108 cm³/mol. The SMILES string of the molecule is CCC1CCC(NC(=NC)NCCc2csc(N3CCCC3)n2)CC1. The lowest BCUT2D eigenvalue weighted by atomic mass is 9.84. The van der Waals surface area contributed by atoms with Crippen LogP contribution < -0.4 is 15.5 Å². The Balaban J connectivity index is 1.38. The van der Waals surface area contributed by atoms with Gasteiger partial charge in [0.2, 0.25) is 0 Å². The molecule has 0 bridgehead atoms. The Morgan fingerprint density at radius 3 is 2.72 bits per heavy atom. The van der Waals surface area contributed by atoms with E-state index in [1.54, 1.807) is 11.3 Å². The number of aliphatic imine (C=N–C) groups is 1. The molecule has 2 heterocycles. The monoisotopic (exact) mass is 363 g/mol. The molecule has 1 aliphatic carbocycles. The minimum atomic E-state index is 0.579. The average molecular weight is 364 g/mol. The third-order valence-corrected chi connectivity index (χ3v) is 6.53. The first-order valence-electron chi connectivity index (χ1n) is 9.95. The molecule has 0 amide bonds. The van der Waals surface area contributed by atoms with E-state index in [0.717, 1.165) is 24.8 Å². The van der Waals surface area contributed by atoms with E-state index >= 15 is 0 Å². The highest BCUT2D eigenvalue weighted by atomic mass is 32.1. The standard InChI is InChI=1S/C19H33N5S/c1-3-15-6-8-16(9-7-15)22-18(20-2)21-11-10-17-14-25-19(23-17)24-12-4-5-13-24/h14-16H,3-13H2,1-2H3,(H2,20,21,22). The number of aromatic nitrogens is 1. The highest BCUT2D eigenvalue weighted by molar-refractivity contribution is 7.13. The Morgan fingerprint density at radius 1 is 1.28 bits per heavy atom. The van der Waals surface area contributed by atoms with Crippen LogP contribution >= 0.6 is 11.3 Å². The van der Waals surface area contributed by atoms with Gasteiger partial charge in [-0.15, -0.1) is 11.3 Å². The molecule has 1 saturated heterocycles. The van der Waals surface area contributed by atoms with Crippen molar-refractivity contribution in [3.8, 4) is 0 Å². The fourth-order valence-corrected chi connectivity index (χ4v) is 4.79. The highest BCUT2D eigenvalue weighted by Crippen LogP contribution is 2.26. The van der Waals surface area contributed by atoms with Crippen molar-refractivity contribution in [2.75, 3.05) is 31.6 Å². The molecule has 0 atom stereocenters. The van der Waals surface area contributed by atoms with Crippen LogP contribution in [0.1, 0.15) is 57.6 Å². The van der Waals surface area contributed by atoms with Gasteiger partial charge >= 0.3 is 0 Å². The average Bonchev–Trinajstić information content (AvgIpc) is 3.33. The van der Waals surface area contributed by atoms with Gasteiger partial charge in [-0.05, 0) is 44.4 Å². The van der Waals surface area contributed by atoms with Gasteiger partial charge in [-0.3, -0.25) is 4.99 Å². The second kappa shape index (κ2) is 9.41. The summed E-state index contributed by atoms with van der Waals surface area (Å²) in [5, 5.41) is 10.5. The van der Waals surface area contributed by atoms with Crippen LogP contribution in [0, 0.1) is 5.92 Å². The number of hydrogen-bond donors (Lipinski definition) is 2. The number of anilines is 1. The Bertz CT molecular complexity index is 542. The van der Waals surface area contributed by atoms with Crippen LogP contribution in [0.3, 0.4) is 0 Å². The maximum absolute atomic E-state index is 4.79. The van der Waals surface area contributed by atoms with Crippen molar-refractivity contribution in [3.63, 3.8) is 0 Å². The zero-order valence-electron chi connectivity index (χ0n) is 15.8. The van der Waals surface area contributed by atoms with Gasteiger partial charge in [0, 0.05) is 44.5 Å². The summed E-state index contributed by atoms with van der Waals surface area (Å²) < 4.78 is 0. The number of rotatable bonds is 6. The fraction of sp³-hybridized carbons (Fsp3) is 0.789. The van der Waals surface area contributed by atoms with Gasteiger partial charge in [-0.25, -0.2) is 4.98 Å². The molecule has 2 aliphatic rings. The van der Waals surface area contributed by atoms with Gasteiger partial charge in [0.05, 0.1) is 5.69 Å². The summed E-state index contributed by atoms with van der Waals surface area (Å²) in [6, 6.07) is 0.579. The second-order valence-electron chi connectivity index (χ2n) is 7.33. The molecule has 1 aromatic rings. The third kappa shape index (κ3) is 5.33. The number of nitrogens with one attached hydrogen (secondary N) is 2. The van der Waals surface area contributed by atoms with Crippen molar-refractivity contribution in [3.05, 3.63) is 11.1 Å². The highest BCUT2D eigenvalue weighted by Gasteiger charge is 2.20. The van der Waals surface area contributed by atoms with Crippen molar-refractivity contribution >= 4 is 22.4 Å². The summed E-state index contributed by atoms with van der Waals surface area (Å²) in [5.41, 5.74) is 1.19. The predicted octanol–water partition coefficient (Wildman–Crippen LogP) is 3.42. The molecule has 0 radical (unpaired) electrons. The molecule has 1 aromatic heterocycles. The molecular weight excluding hydrogens is 330 g/mol. The molecule has 6 heteroatoms. The number of thiazole rings is 1. The molecule has 25 heavy (non-hydrogen) atoms. The molecule has 1 saturated carbocycles. The van der Waals surface area contributed by atoms with Gasteiger partial charge in [0.15, 0.2) is 11.1 Å². The maximum Gasteiger partial charge on any atom is 0.191 e. The lowest BCUT2D eigenvalue weighted by Gasteiger charge is -2.29. The van der Waals surface area contributed by atoms with Crippen LogP contribution in [0.4, 0.5) is 5.13 Å². The molecule has 0 spiro atoms. The summed E-state index contributed by atoms with van der Waals surface area (Å²) in [5.74, 6) is 1.87. The zero-order chi connectivity index (χ0) is 17.5. The summed E-state index contributed by atoms with van der Waals surface area (Å²) in [6.45, 7) is 5.53. The first-order chi connectivity index (χ1) is 12.3. The Labute approximate surface area is 156 Å². The van der Waals surface area contributed by atoms with Crippen LogP contribution in [0.5, 0.6) is 0 Å². The summed E-state index contributed by atoms with van der Waals surface area (Å²) in [6.07, 6.45) is 10.1. The van der Waals surface area contributed by atoms with Gasteiger partial charge in [0.1, 0.15) is 0 Å². The van der Waals surface area contributed by atoms with E-state index in [4.69, 9.17) is 4.98 Å². The van der Waals surface area contributed by atoms with E-state index in [1.807, 2.05) is 7.05 Å². The Kier molecular flexibility index (Phi) is 6.96. The van der Waals surface area contributed by atoms with Crippen molar-refractivity contribution in [2.45, 2.75) is 64.3 Å². The second-order valence-corrected chi connectivity index (χ2v) is 8.17. The molecule has 2 N–H and O–H groups in total. The van der Waals surface area contributed by atoms with Gasteiger partial charge < -0.3 is 15.5 Å². The van der Waals surface area contributed by atoms with Crippen molar-refractivity contribution in [2.24, 2.45) is 10.9 Å². The first kappa shape index (κ1) is 18.5. The van der Waals surface area contributed by atoms with Crippen LogP contribution in [-0.4, -0.2) is 43.7 Å². The Hall–Kier alpha value is -1.30. The quantitative estimate of drug-likeness (QED) is 0.601. The molecule has 0 aromatic carbocycles. The largest absolute Gasteiger partial charge is 0.356 e. The smallest absolute Gasteiger partial charge is 0.191 e. The summed E-state index contributed by atoms with van der Waals surface area (Å²) in [7, 11) is 1.86. The van der Waals surface area contributed by atoms with Gasteiger partial charge in [-0.2, -0.15) is 0 Å². The minimum absolute atomic E-state index is 0.579. The van der Waals surface area contributed by atoms with Crippen molar-refractivity contribution in [1.29, 1.82) is 0 Å². The third-order valence-electron chi connectivity index (χ3n) is 5.58. The molecule has 2 fully saturated rings. The van der Waals surface area contributed by atoms with E-state index in [1.165, 1.54) is 68.9 Å². The molecule has 140 valence electrons. The number of hydrogen-bond acceptors (Lipinski definition) is 4. The van der Waals surface area contributed by atoms with Crippen molar-refractivity contribution in [1.82, 2.24) is 15.6 Å². The van der Waals surface area contributed by atoms with E-state index in [-0.39, 0.29) is 0 Å². The molecule has 3 rings (SSSR count). The summed E-state index contributed by atoms with van der Waals surface area (Å²) >= 11 is 1.78. The lowest BCUT2D eigenvalue weighted by Crippen LogP contribution is -2.45. The minimum Gasteiger partial charge on any atom is -0.356 e. The van der Waals surface area contributed by atoms with Crippen molar-refractivity contribution < 1.29 is 0 Å². The Morgan fingerprint density at radius 2 is 2.04 bits per heavy atom. The van der Waals surface area contributed by atoms with Crippen LogP contribution in [0.15, 0.2) is 10.4 Å². The fourth-order valence-electron chi connectivity index (χ4n) is 3.88. The number of guanidine groups is 1. The number of nitrogens with zero attached hydrogens (tertiary/aromatic N) is 3. The van der Waals surface area contributed by atoms with Crippen LogP contribution in [0.25, 0.3) is 0 Å². The molecular formula is C19H33N5S. The lowest BCUT2D eigenvalue weighted by molar-refractivity contribution is 0.304. The van der Waals surface area contributed by atoms with Gasteiger partial charge in [0.25, 0.3) is 0 Å². The molecule has 0 unspecified atom stereocenters. The van der Waals surface area contributed by atoms with E-state index < -0.39 is 0 Å².